The van der Waals surface area contributed by atoms with Crippen molar-refractivity contribution in [3.63, 3.8) is 0 Å². The number of benzene rings is 1. The lowest BCUT2D eigenvalue weighted by Crippen LogP contribution is -2.16. The Morgan fingerprint density at radius 3 is 2.35 bits per heavy atom. The molecule has 2 N–H and O–H groups in total. The summed E-state index contributed by atoms with van der Waals surface area (Å²) in [5.74, 6) is -1.30. The third-order valence-electron chi connectivity index (χ3n) is 5.45. The van der Waals surface area contributed by atoms with E-state index in [1.54, 1.807) is 16.9 Å². The van der Waals surface area contributed by atoms with Crippen LogP contribution in [0.1, 0.15) is 61.9 Å². The quantitative estimate of drug-likeness (QED) is 0.515. The summed E-state index contributed by atoms with van der Waals surface area (Å²) in [5, 5.41) is 13.7. The summed E-state index contributed by atoms with van der Waals surface area (Å²) in [5.41, 5.74) is 7.25. The number of alkyl halides is 2. The average molecular weight is 471 g/mol. The predicted molar refractivity (Wildman–Crippen MR) is 124 cm³/mol. The number of rotatable bonds is 6. The summed E-state index contributed by atoms with van der Waals surface area (Å²) in [6, 6.07) is 8.84. The standard InChI is InChI=1S/C20H16F2N4O3.C3H6.C2H6/c1-28-15-6-11(7-16(29-19(21)22)17(15)18(24)27)13-8-25-26-9-12(2-3-14(13)26)20(10-23)4-5-20;1-2-3-1;1-2/h2-3,6-9,19H,4-5H2,1H3,(H2,24,27);1-3H2;1-2H3. The lowest BCUT2D eigenvalue weighted by Gasteiger charge is -2.14. The highest BCUT2D eigenvalue weighted by Crippen LogP contribution is 2.47. The molecule has 0 saturated heterocycles. The number of carbonyl (C=O) groups is 1. The smallest absolute Gasteiger partial charge is 0.387 e. The number of nitrogens with two attached hydrogens (primary N) is 1. The van der Waals surface area contributed by atoms with Gasteiger partial charge in [-0.05, 0) is 42.2 Å². The van der Waals surface area contributed by atoms with Gasteiger partial charge in [-0.3, -0.25) is 4.79 Å². The van der Waals surface area contributed by atoms with Crippen molar-refractivity contribution in [1.29, 1.82) is 5.26 Å². The van der Waals surface area contributed by atoms with Gasteiger partial charge in [0.25, 0.3) is 5.91 Å². The van der Waals surface area contributed by atoms with Crippen molar-refractivity contribution in [2.45, 2.75) is 58.0 Å². The van der Waals surface area contributed by atoms with Crippen LogP contribution in [0.5, 0.6) is 11.5 Å². The third-order valence-corrected chi connectivity index (χ3v) is 5.45. The summed E-state index contributed by atoms with van der Waals surface area (Å²) in [4.78, 5) is 11.7. The van der Waals surface area contributed by atoms with Gasteiger partial charge < -0.3 is 15.2 Å². The van der Waals surface area contributed by atoms with Crippen LogP contribution in [0.2, 0.25) is 0 Å². The van der Waals surface area contributed by atoms with Crippen molar-refractivity contribution >= 4 is 11.4 Å². The summed E-state index contributed by atoms with van der Waals surface area (Å²) in [6.07, 6.45) is 9.48. The Morgan fingerprint density at radius 1 is 1.21 bits per heavy atom. The van der Waals surface area contributed by atoms with Gasteiger partial charge in [0.15, 0.2) is 0 Å². The average Bonchev–Trinajstić information content (AvgIpc) is 3.76. The number of primary amides is 1. The Hall–Kier alpha value is -3.67. The Kier molecular flexibility index (Phi) is 7.72. The zero-order chi connectivity index (χ0) is 24.9. The van der Waals surface area contributed by atoms with Gasteiger partial charge in [-0.25, -0.2) is 4.52 Å². The fraction of sp³-hybridized carbons (Fsp3) is 0.400. The maximum atomic E-state index is 12.9. The number of nitriles is 1. The molecule has 1 amide bonds. The monoisotopic (exact) mass is 470 g/mol. The van der Waals surface area contributed by atoms with Crippen LogP contribution < -0.4 is 15.2 Å². The molecule has 0 spiro atoms. The van der Waals surface area contributed by atoms with E-state index in [4.69, 9.17) is 10.5 Å². The Bertz CT molecular complexity index is 1210. The van der Waals surface area contributed by atoms with E-state index in [1.165, 1.54) is 38.5 Å². The molecular formula is C25H28F2N4O3. The fourth-order valence-corrected chi connectivity index (χ4v) is 3.42. The van der Waals surface area contributed by atoms with Crippen molar-refractivity contribution < 1.29 is 23.0 Å². The molecule has 180 valence electrons. The van der Waals surface area contributed by atoms with Gasteiger partial charge in [0, 0.05) is 11.8 Å². The molecule has 2 aliphatic rings. The number of methoxy groups -OCH3 is 1. The van der Waals surface area contributed by atoms with E-state index in [2.05, 4.69) is 15.9 Å². The number of halogens is 2. The normalized spacial score (nSPS) is 14.7. The van der Waals surface area contributed by atoms with E-state index >= 15 is 0 Å². The molecule has 1 aromatic carbocycles. The van der Waals surface area contributed by atoms with Crippen LogP contribution in [-0.2, 0) is 5.41 Å². The molecule has 0 unspecified atom stereocenters. The maximum Gasteiger partial charge on any atom is 0.387 e. The van der Waals surface area contributed by atoms with E-state index in [0.717, 1.165) is 18.4 Å². The number of hydrogen-bond donors (Lipinski definition) is 1. The Balaban J connectivity index is 0.000000588. The molecule has 2 heterocycles. The topological polar surface area (TPSA) is 103 Å². The van der Waals surface area contributed by atoms with Crippen LogP contribution in [0, 0.1) is 11.3 Å². The zero-order valence-electron chi connectivity index (χ0n) is 19.5. The molecule has 3 aromatic rings. The van der Waals surface area contributed by atoms with E-state index in [1.807, 2.05) is 26.0 Å². The maximum absolute atomic E-state index is 12.9. The number of ether oxygens (including phenoxy) is 2. The van der Waals surface area contributed by atoms with Crippen LogP contribution in [0.15, 0.2) is 36.7 Å². The fourth-order valence-electron chi connectivity index (χ4n) is 3.42. The number of hydrogen-bond acceptors (Lipinski definition) is 5. The second-order valence-electron chi connectivity index (χ2n) is 7.85. The van der Waals surface area contributed by atoms with Crippen LogP contribution in [0.3, 0.4) is 0 Å². The SMILES string of the molecule is C1CC1.CC.COc1cc(-c2cnn3cc(C4(C#N)CC4)ccc23)cc(OC(F)F)c1C(N)=O. The van der Waals surface area contributed by atoms with Crippen LogP contribution in [0.4, 0.5) is 8.78 Å². The van der Waals surface area contributed by atoms with Gasteiger partial charge >= 0.3 is 6.61 Å². The van der Waals surface area contributed by atoms with Gasteiger partial charge in [-0.2, -0.15) is 19.1 Å². The molecule has 0 radical (unpaired) electrons. The number of pyridine rings is 1. The summed E-state index contributed by atoms with van der Waals surface area (Å²) >= 11 is 0. The predicted octanol–water partition coefficient (Wildman–Crippen LogP) is 5.46. The van der Waals surface area contributed by atoms with Crippen molar-refractivity contribution in [3.8, 4) is 28.7 Å². The summed E-state index contributed by atoms with van der Waals surface area (Å²) in [6.45, 7) is 0.861. The van der Waals surface area contributed by atoms with Gasteiger partial charge in [0.1, 0.15) is 17.1 Å². The van der Waals surface area contributed by atoms with Crippen molar-refractivity contribution in [1.82, 2.24) is 9.61 Å². The molecule has 2 aromatic heterocycles. The first kappa shape index (κ1) is 25.0. The third kappa shape index (κ3) is 5.28. The second kappa shape index (κ2) is 10.5. The van der Waals surface area contributed by atoms with Crippen molar-refractivity contribution in [2.75, 3.05) is 7.11 Å². The first-order valence-corrected chi connectivity index (χ1v) is 11.2. The first-order valence-electron chi connectivity index (χ1n) is 11.2. The molecule has 0 aliphatic heterocycles. The van der Waals surface area contributed by atoms with Gasteiger partial charge in [0.05, 0.1) is 30.3 Å². The lowest BCUT2D eigenvalue weighted by molar-refractivity contribution is -0.0502. The molecule has 0 bridgehead atoms. The molecule has 5 rings (SSSR count). The minimum absolute atomic E-state index is 0.0167. The van der Waals surface area contributed by atoms with Crippen molar-refractivity contribution in [2.24, 2.45) is 5.73 Å². The zero-order valence-corrected chi connectivity index (χ0v) is 19.5. The molecule has 0 atom stereocenters. The van der Waals surface area contributed by atoms with E-state index in [-0.39, 0.29) is 17.1 Å². The molecule has 7 nitrogen and oxygen atoms in total. The summed E-state index contributed by atoms with van der Waals surface area (Å²) in [7, 11) is 1.30. The van der Waals surface area contributed by atoms with Gasteiger partial charge in [-0.15, -0.1) is 0 Å². The molecule has 2 aliphatic carbocycles. The van der Waals surface area contributed by atoms with E-state index in [0.29, 0.717) is 16.6 Å². The summed E-state index contributed by atoms with van der Waals surface area (Å²) < 4.78 is 37.0. The molecule has 2 saturated carbocycles. The Morgan fingerprint density at radius 2 is 1.85 bits per heavy atom. The van der Waals surface area contributed by atoms with Gasteiger partial charge in [-0.1, -0.05) is 39.2 Å². The lowest BCUT2D eigenvalue weighted by atomic mass is 9.98. The number of carbonyl (C=O) groups excluding carboxylic acids is 1. The van der Waals surface area contributed by atoms with Gasteiger partial charge in [0.2, 0.25) is 0 Å². The number of aromatic nitrogens is 2. The second-order valence-corrected chi connectivity index (χ2v) is 7.85. The largest absolute Gasteiger partial charge is 0.496 e. The molecule has 2 fully saturated rings. The highest BCUT2D eigenvalue weighted by Gasteiger charge is 2.45. The highest BCUT2D eigenvalue weighted by atomic mass is 19.3. The minimum Gasteiger partial charge on any atom is -0.496 e. The number of fused-ring (bicyclic) bond motifs is 1. The Labute approximate surface area is 197 Å². The first-order chi connectivity index (χ1) is 16.4. The number of amides is 1. The van der Waals surface area contributed by atoms with Crippen molar-refractivity contribution in [3.05, 3.63) is 47.8 Å². The number of nitrogens with zero attached hydrogens (tertiary/aromatic N) is 3. The van der Waals surface area contributed by atoms with E-state index in [9.17, 15) is 18.8 Å². The molecular weight excluding hydrogens is 442 g/mol. The highest BCUT2D eigenvalue weighted by molar-refractivity contribution is 6.00. The van der Waals surface area contributed by atoms with Crippen LogP contribution in [0.25, 0.3) is 16.6 Å². The molecule has 9 heteroatoms. The minimum atomic E-state index is -3.14. The van der Waals surface area contributed by atoms with E-state index < -0.39 is 17.9 Å². The molecule has 34 heavy (non-hydrogen) atoms. The van der Waals surface area contributed by atoms with Crippen LogP contribution in [-0.4, -0.2) is 29.2 Å². The van der Waals surface area contributed by atoms with Crippen LogP contribution >= 0.6 is 0 Å².